The fourth-order valence-corrected chi connectivity index (χ4v) is 2.25. The number of hydrogen-bond acceptors (Lipinski definition) is 4. The summed E-state index contributed by atoms with van der Waals surface area (Å²) in [6, 6.07) is 8.64. The average molecular weight is 251 g/mol. The van der Waals surface area contributed by atoms with Crippen LogP contribution >= 0.6 is 0 Å². The molecule has 0 aliphatic carbocycles. The Labute approximate surface area is 106 Å². The molecule has 1 N–H and O–H groups in total. The van der Waals surface area contributed by atoms with Crippen LogP contribution in [-0.4, -0.2) is 35.0 Å². The van der Waals surface area contributed by atoms with Gasteiger partial charge in [0.2, 0.25) is 0 Å². The van der Waals surface area contributed by atoms with E-state index in [1.165, 1.54) is 0 Å². The molecule has 1 aliphatic rings. The van der Waals surface area contributed by atoms with E-state index >= 15 is 0 Å². The van der Waals surface area contributed by atoms with Gasteiger partial charge in [-0.3, -0.25) is 4.65 Å². The molecule has 0 saturated carbocycles. The molecule has 2 rings (SSSR count). The zero-order valence-corrected chi connectivity index (χ0v) is 10.1. The molecule has 1 aromatic carbocycles. The molecule has 1 fully saturated rings. The van der Waals surface area contributed by atoms with Crippen LogP contribution in [0.15, 0.2) is 30.3 Å². The molecule has 1 unspecified atom stereocenters. The molecule has 1 aliphatic heterocycles. The van der Waals surface area contributed by atoms with Gasteiger partial charge < -0.3 is 15.1 Å². The molecule has 98 valence electrons. The van der Waals surface area contributed by atoms with Gasteiger partial charge in [-0.05, 0) is 5.56 Å². The Balaban J connectivity index is 1.95. The summed E-state index contributed by atoms with van der Waals surface area (Å²) in [5, 5.41) is 21.4. The van der Waals surface area contributed by atoms with Crippen molar-refractivity contribution in [1.82, 2.24) is 0 Å². The van der Waals surface area contributed by atoms with Crippen molar-refractivity contribution < 1.29 is 19.3 Å². The first-order chi connectivity index (χ1) is 8.66. The number of hydroxylamine groups is 3. The summed E-state index contributed by atoms with van der Waals surface area (Å²) >= 11 is 0. The fourth-order valence-electron chi connectivity index (χ4n) is 2.25. The largest absolute Gasteiger partial charge is 0.622 e. The van der Waals surface area contributed by atoms with Crippen LogP contribution < -0.4 is 0 Å². The van der Waals surface area contributed by atoms with Crippen LogP contribution in [0.3, 0.4) is 0 Å². The van der Waals surface area contributed by atoms with Gasteiger partial charge in [-0.15, -0.1) is 0 Å². The van der Waals surface area contributed by atoms with E-state index in [4.69, 9.17) is 9.84 Å². The van der Waals surface area contributed by atoms with E-state index in [0.717, 1.165) is 5.56 Å². The molecular formula is C13H17NO4. The molecule has 1 amide bonds. The number of amides is 1. The van der Waals surface area contributed by atoms with Crippen molar-refractivity contribution in [3.8, 4) is 0 Å². The number of benzene rings is 1. The van der Waals surface area contributed by atoms with Crippen LogP contribution in [-0.2, 0) is 11.3 Å². The van der Waals surface area contributed by atoms with Crippen molar-refractivity contribution in [2.75, 3.05) is 13.2 Å². The third kappa shape index (κ3) is 2.53. The molecule has 18 heavy (non-hydrogen) atoms. The fraction of sp³-hybridized carbons (Fsp3) is 0.462. The molecule has 2 atom stereocenters. The average Bonchev–Trinajstić information content (AvgIpc) is 2.79. The molecule has 1 heterocycles. The van der Waals surface area contributed by atoms with Gasteiger partial charge in [-0.1, -0.05) is 30.3 Å². The van der Waals surface area contributed by atoms with Crippen molar-refractivity contribution in [2.24, 2.45) is 0 Å². The van der Waals surface area contributed by atoms with E-state index in [1.54, 1.807) is 0 Å². The Kier molecular flexibility index (Phi) is 3.96. The SMILES string of the molecule is O=C(OCc1ccccc1)[N+]1([O-])CCC[C@H]1CO. The van der Waals surface area contributed by atoms with Crippen molar-refractivity contribution in [3.05, 3.63) is 41.1 Å². The number of quaternary nitrogens is 1. The molecule has 0 aromatic heterocycles. The highest BCUT2D eigenvalue weighted by molar-refractivity contribution is 5.60. The molecule has 0 spiro atoms. The summed E-state index contributed by atoms with van der Waals surface area (Å²) < 4.78 is 4.00. The van der Waals surface area contributed by atoms with E-state index in [9.17, 15) is 10.0 Å². The van der Waals surface area contributed by atoms with Crippen molar-refractivity contribution in [1.29, 1.82) is 0 Å². The highest BCUT2D eigenvalue weighted by atomic mass is 16.7. The number of nitrogens with zero attached hydrogens (tertiary/aromatic N) is 1. The third-order valence-electron chi connectivity index (χ3n) is 3.34. The maximum Gasteiger partial charge on any atom is 0.516 e. The first-order valence-corrected chi connectivity index (χ1v) is 6.07. The normalized spacial score (nSPS) is 27.1. The van der Waals surface area contributed by atoms with Crippen LogP contribution in [0.1, 0.15) is 18.4 Å². The van der Waals surface area contributed by atoms with Gasteiger partial charge in [0.1, 0.15) is 12.6 Å². The zero-order valence-electron chi connectivity index (χ0n) is 10.1. The third-order valence-corrected chi connectivity index (χ3v) is 3.34. The number of rotatable bonds is 3. The maximum absolute atomic E-state index is 12.3. The van der Waals surface area contributed by atoms with E-state index in [0.29, 0.717) is 12.8 Å². The first kappa shape index (κ1) is 13.0. The molecule has 1 aromatic rings. The summed E-state index contributed by atoms with van der Waals surface area (Å²) in [5.41, 5.74) is 0.845. The molecule has 5 nitrogen and oxygen atoms in total. The second-order valence-corrected chi connectivity index (χ2v) is 4.54. The predicted molar refractivity (Wildman–Crippen MR) is 65.2 cm³/mol. The van der Waals surface area contributed by atoms with Crippen LogP contribution in [0.4, 0.5) is 4.79 Å². The minimum atomic E-state index is -1.05. The summed E-state index contributed by atoms with van der Waals surface area (Å²) in [6.45, 7) is 0.0167. The van der Waals surface area contributed by atoms with Crippen molar-refractivity contribution in [3.63, 3.8) is 0 Å². The molecule has 0 bridgehead atoms. The van der Waals surface area contributed by atoms with Gasteiger partial charge in [-0.25, -0.2) is 0 Å². The number of aliphatic hydroxyl groups is 1. The lowest BCUT2D eigenvalue weighted by molar-refractivity contribution is -0.821. The van der Waals surface area contributed by atoms with Gasteiger partial charge in [0.05, 0.1) is 13.2 Å². The lowest BCUT2D eigenvalue weighted by Crippen LogP contribution is -2.52. The monoisotopic (exact) mass is 251 g/mol. The van der Waals surface area contributed by atoms with Gasteiger partial charge in [0.15, 0.2) is 0 Å². The van der Waals surface area contributed by atoms with Crippen LogP contribution in [0.25, 0.3) is 0 Å². The highest BCUT2D eigenvalue weighted by Crippen LogP contribution is 2.27. The number of carbonyl (C=O) groups excluding carboxylic acids is 1. The van der Waals surface area contributed by atoms with Gasteiger partial charge in [-0.2, -0.15) is 4.79 Å². The van der Waals surface area contributed by atoms with E-state index in [-0.39, 0.29) is 19.8 Å². The van der Waals surface area contributed by atoms with Crippen LogP contribution in [0.2, 0.25) is 0 Å². The Bertz CT molecular complexity index is 409. The number of carbonyl (C=O) groups is 1. The van der Waals surface area contributed by atoms with Gasteiger partial charge >= 0.3 is 6.09 Å². The predicted octanol–water partition coefficient (Wildman–Crippen LogP) is 1.79. The van der Waals surface area contributed by atoms with Crippen LogP contribution in [0.5, 0.6) is 0 Å². The Morgan fingerprint density at radius 1 is 1.44 bits per heavy atom. The highest BCUT2D eigenvalue weighted by Gasteiger charge is 2.42. The van der Waals surface area contributed by atoms with Gasteiger partial charge in [0, 0.05) is 12.8 Å². The summed E-state index contributed by atoms with van der Waals surface area (Å²) in [6.07, 6.45) is 0.422. The quantitative estimate of drug-likeness (QED) is 0.657. The molecule has 1 saturated heterocycles. The summed E-state index contributed by atoms with van der Waals surface area (Å²) in [5.74, 6) is 0. The van der Waals surface area contributed by atoms with Gasteiger partial charge in [0.25, 0.3) is 0 Å². The first-order valence-electron chi connectivity index (χ1n) is 6.07. The second kappa shape index (κ2) is 5.48. The Morgan fingerprint density at radius 2 is 2.17 bits per heavy atom. The second-order valence-electron chi connectivity index (χ2n) is 4.54. The van der Waals surface area contributed by atoms with Crippen molar-refractivity contribution in [2.45, 2.75) is 25.5 Å². The molecule has 5 heteroatoms. The number of hydrogen-bond donors (Lipinski definition) is 1. The smallest absolute Gasteiger partial charge is 0.516 e. The summed E-state index contributed by atoms with van der Waals surface area (Å²) in [7, 11) is 0. The number of likely N-dealkylation sites (tertiary alicyclic amines) is 1. The minimum absolute atomic E-state index is 0.0973. The minimum Gasteiger partial charge on any atom is -0.622 e. The van der Waals surface area contributed by atoms with E-state index in [1.807, 2.05) is 30.3 Å². The maximum atomic E-state index is 12.3. The number of ether oxygens (including phenoxy) is 1. The Hall–Kier alpha value is -1.43. The molecule has 0 radical (unpaired) electrons. The lowest BCUT2D eigenvalue weighted by Gasteiger charge is -2.38. The molecular weight excluding hydrogens is 234 g/mol. The standard InChI is InChI=1S/C13H17NO4/c15-9-12-7-4-8-14(12,17)13(16)18-10-11-5-2-1-3-6-11/h1-3,5-6,12,15H,4,7-10H2/t12-,14?/m0/s1. The van der Waals surface area contributed by atoms with Crippen LogP contribution in [0, 0.1) is 5.21 Å². The van der Waals surface area contributed by atoms with E-state index in [2.05, 4.69) is 0 Å². The topological polar surface area (TPSA) is 69.6 Å². The van der Waals surface area contributed by atoms with Crippen molar-refractivity contribution >= 4 is 6.09 Å². The zero-order chi connectivity index (χ0) is 13.0. The Morgan fingerprint density at radius 3 is 2.83 bits per heavy atom. The number of aliphatic hydroxyl groups excluding tert-OH is 1. The van der Waals surface area contributed by atoms with E-state index < -0.39 is 16.8 Å². The lowest BCUT2D eigenvalue weighted by atomic mass is 10.2. The summed E-state index contributed by atoms with van der Waals surface area (Å²) in [4.78, 5) is 11.8.